The minimum atomic E-state index is -0.409. The van der Waals surface area contributed by atoms with E-state index in [1.165, 1.54) is 44.8 Å². The molecule has 2 aromatic rings. The fraction of sp³-hybridized carbons (Fsp3) is 0.417. The van der Waals surface area contributed by atoms with Crippen LogP contribution in [0.5, 0.6) is 0 Å². The maximum Gasteiger partial charge on any atom is 0.337 e. The van der Waals surface area contributed by atoms with Gasteiger partial charge < -0.3 is 10.1 Å². The number of benzene rings is 2. The average Bonchev–Trinajstić information content (AvgIpc) is 2.78. The number of nitrogens with one attached hydrogen (secondary N) is 1. The first kappa shape index (κ1) is 21.1. The topological polar surface area (TPSA) is 58.6 Å². The Morgan fingerprint density at radius 3 is 2.24 bits per heavy atom. The van der Waals surface area contributed by atoms with E-state index in [-0.39, 0.29) is 5.91 Å². The third kappa shape index (κ3) is 5.67. The van der Waals surface area contributed by atoms with Crippen molar-refractivity contribution in [3.8, 4) is 0 Å². The van der Waals surface area contributed by atoms with Crippen molar-refractivity contribution < 1.29 is 14.3 Å². The lowest BCUT2D eigenvalue weighted by molar-refractivity contribution is 0.0600. The Bertz CT molecular complexity index is 826. The number of rotatable bonds is 7. The molecule has 0 saturated heterocycles. The van der Waals surface area contributed by atoms with E-state index in [0.29, 0.717) is 23.7 Å². The van der Waals surface area contributed by atoms with Crippen LogP contribution in [0, 0.1) is 0 Å². The van der Waals surface area contributed by atoms with Gasteiger partial charge in [0, 0.05) is 24.7 Å². The maximum absolute atomic E-state index is 12.5. The van der Waals surface area contributed by atoms with Gasteiger partial charge in [0.15, 0.2) is 0 Å². The quantitative estimate of drug-likeness (QED) is 0.716. The van der Waals surface area contributed by atoms with E-state index in [1.54, 1.807) is 24.3 Å². The van der Waals surface area contributed by atoms with Crippen LogP contribution in [0.1, 0.15) is 63.9 Å². The van der Waals surface area contributed by atoms with E-state index >= 15 is 0 Å². The fourth-order valence-corrected chi connectivity index (χ4v) is 3.96. The third-order valence-corrected chi connectivity index (χ3v) is 5.74. The largest absolute Gasteiger partial charge is 0.465 e. The Labute approximate surface area is 173 Å². The molecule has 0 bridgehead atoms. The second kappa shape index (κ2) is 10.2. The van der Waals surface area contributed by atoms with Crippen LogP contribution in [0.3, 0.4) is 0 Å². The summed E-state index contributed by atoms with van der Waals surface area (Å²) in [6, 6.07) is 15.4. The molecule has 0 unspecified atom stereocenters. The Morgan fingerprint density at radius 2 is 1.59 bits per heavy atom. The number of nitrogens with zero attached hydrogens (tertiary/aromatic N) is 1. The van der Waals surface area contributed by atoms with Gasteiger partial charge in [-0.2, -0.15) is 0 Å². The van der Waals surface area contributed by atoms with Gasteiger partial charge in [-0.3, -0.25) is 9.69 Å². The number of esters is 1. The first-order chi connectivity index (χ1) is 14.1. The molecular formula is C24H30N2O3. The molecule has 1 saturated carbocycles. The lowest BCUT2D eigenvalue weighted by atomic mass is 9.94. The third-order valence-electron chi connectivity index (χ3n) is 5.74. The number of amides is 1. The van der Waals surface area contributed by atoms with Crippen molar-refractivity contribution in [1.29, 1.82) is 0 Å². The molecule has 0 aliphatic heterocycles. The summed E-state index contributed by atoms with van der Waals surface area (Å²) < 4.78 is 4.69. The highest BCUT2D eigenvalue weighted by Crippen LogP contribution is 2.23. The van der Waals surface area contributed by atoms with E-state index in [1.807, 2.05) is 6.07 Å². The van der Waals surface area contributed by atoms with Gasteiger partial charge in [-0.25, -0.2) is 4.79 Å². The monoisotopic (exact) mass is 394 g/mol. The van der Waals surface area contributed by atoms with Crippen molar-refractivity contribution in [3.63, 3.8) is 0 Å². The summed E-state index contributed by atoms with van der Waals surface area (Å²) in [6.45, 7) is 1.37. The summed E-state index contributed by atoms with van der Waals surface area (Å²) in [5.41, 5.74) is 3.34. The number of hydrogen-bond acceptors (Lipinski definition) is 4. The number of ether oxygens (including phenoxy) is 1. The summed E-state index contributed by atoms with van der Waals surface area (Å²) in [4.78, 5) is 26.5. The SMILES string of the molecule is COC(=O)c1ccc(C(=O)NCc2ccccc2CN(C)C2CCCCC2)cc1. The first-order valence-electron chi connectivity index (χ1n) is 10.3. The molecule has 2 aromatic carbocycles. The fourth-order valence-electron chi connectivity index (χ4n) is 3.96. The van der Waals surface area contributed by atoms with Crippen LogP contribution in [-0.4, -0.2) is 37.0 Å². The molecule has 0 spiro atoms. The summed E-state index contributed by atoms with van der Waals surface area (Å²) in [6.07, 6.45) is 6.55. The smallest absolute Gasteiger partial charge is 0.337 e. The number of hydrogen-bond donors (Lipinski definition) is 1. The maximum atomic E-state index is 12.5. The number of carbonyl (C=O) groups is 2. The second-order valence-corrected chi connectivity index (χ2v) is 7.73. The van der Waals surface area contributed by atoms with Crippen molar-refractivity contribution in [2.24, 2.45) is 0 Å². The minimum Gasteiger partial charge on any atom is -0.465 e. The van der Waals surface area contributed by atoms with E-state index < -0.39 is 5.97 Å². The molecule has 0 aromatic heterocycles. The van der Waals surface area contributed by atoms with E-state index in [9.17, 15) is 9.59 Å². The normalized spacial score (nSPS) is 14.6. The zero-order valence-electron chi connectivity index (χ0n) is 17.3. The van der Waals surface area contributed by atoms with Crippen molar-refractivity contribution >= 4 is 11.9 Å². The molecule has 1 aliphatic rings. The van der Waals surface area contributed by atoms with Crippen LogP contribution in [0.4, 0.5) is 0 Å². The molecule has 5 nitrogen and oxygen atoms in total. The van der Waals surface area contributed by atoms with Gasteiger partial charge in [0.1, 0.15) is 0 Å². The predicted octanol–water partition coefficient (Wildman–Crippen LogP) is 4.17. The molecule has 154 valence electrons. The van der Waals surface area contributed by atoms with Crippen LogP contribution in [0.25, 0.3) is 0 Å². The van der Waals surface area contributed by atoms with Gasteiger partial charge in [-0.15, -0.1) is 0 Å². The molecule has 29 heavy (non-hydrogen) atoms. The van der Waals surface area contributed by atoms with Crippen molar-refractivity contribution in [1.82, 2.24) is 10.2 Å². The second-order valence-electron chi connectivity index (χ2n) is 7.73. The molecule has 5 heteroatoms. The molecule has 1 fully saturated rings. The Kier molecular flexibility index (Phi) is 7.42. The van der Waals surface area contributed by atoms with Gasteiger partial charge in [-0.1, -0.05) is 43.5 Å². The summed E-state index contributed by atoms with van der Waals surface area (Å²) >= 11 is 0. The van der Waals surface area contributed by atoms with Gasteiger partial charge in [-0.05, 0) is 55.3 Å². The van der Waals surface area contributed by atoms with Crippen molar-refractivity contribution in [2.75, 3.05) is 14.2 Å². The number of carbonyl (C=O) groups excluding carboxylic acids is 2. The Hall–Kier alpha value is -2.66. The van der Waals surface area contributed by atoms with Gasteiger partial charge in [0.2, 0.25) is 0 Å². The van der Waals surface area contributed by atoms with E-state index in [2.05, 4.69) is 40.2 Å². The van der Waals surface area contributed by atoms with Gasteiger partial charge in [0.25, 0.3) is 5.91 Å². The van der Waals surface area contributed by atoms with Crippen molar-refractivity contribution in [3.05, 3.63) is 70.8 Å². The van der Waals surface area contributed by atoms with Crippen LogP contribution >= 0.6 is 0 Å². The Morgan fingerprint density at radius 1 is 0.966 bits per heavy atom. The first-order valence-corrected chi connectivity index (χ1v) is 10.3. The number of methoxy groups -OCH3 is 1. The highest BCUT2D eigenvalue weighted by atomic mass is 16.5. The molecule has 1 N–H and O–H groups in total. The molecule has 0 radical (unpaired) electrons. The highest BCUT2D eigenvalue weighted by molar-refractivity contribution is 5.96. The predicted molar refractivity (Wildman–Crippen MR) is 114 cm³/mol. The van der Waals surface area contributed by atoms with Crippen LogP contribution in [0.15, 0.2) is 48.5 Å². The van der Waals surface area contributed by atoms with Crippen molar-refractivity contribution in [2.45, 2.75) is 51.2 Å². The van der Waals surface area contributed by atoms with Gasteiger partial charge >= 0.3 is 5.97 Å². The standard InChI is InChI=1S/C24H30N2O3/c1-26(22-10-4-3-5-11-22)17-21-9-7-6-8-20(21)16-25-23(27)18-12-14-19(15-13-18)24(28)29-2/h6-9,12-15,22H,3-5,10-11,16-17H2,1-2H3,(H,25,27). The van der Waals surface area contributed by atoms with E-state index in [4.69, 9.17) is 0 Å². The molecule has 1 aliphatic carbocycles. The molecule has 0 atom stereocenters. The van der Waals surface area contributed by atoms with Crippen LogP contribution < -0.4 is 5.32 Å². The molecular weight excluding hydrogens is 364 g/mol. The lowest BCUT2D eigenvalue weighted by Crippen LogP contribution is -2.33. The lowest BCUT2D eigenvalue weighted by Gasteiger charge is -2.31. The molecule has 3 rings (SSSR count). The summed E-state index contributed by atoms with van der Waals surface area (Å²) in [5.74, 6) is -0.565. The molecule has 1 amide bonds. The van der Waals surface area contributed by atoms with E-state index in [0.717, 1.165) is 12.1 Å². The zero-order valence-corrected chi connectivity index (χ0v) is 17.3. The minimum absolute atomic E-state index is 0.156. The highest BCUT2D eigenvalue weighted by Gasteiger charge is 2.19. The van der Waals surface area contributed by atoms with Gasteiger partial charge in [0.05, 0.1) is 12.7 Å². The van der Waals surface area contributed by atoms with Crippen LogP contribution in [-0.2, 0) is 17.8 Å². The zero-order chi connectivity index (χ0) is 20.6. The van der Waals surface area contributed by atoms with Crippen LogP contribution in [0.2, 0.25) is 0 Å². The Balaban J connectivity index is 1.60. The molecule has 0 heterocycles. The summed E-state index contributed by atoms with van der Waals surface area (Å²) in [7, 11) is 3.54. The average molecular weight is 395 g/mol. The summed E-state index contributed by atoms with van der Waals surface area (Å²) in [5, 5.41) is 3.00.